The third-order valence-electron chi connectivity index (χ3n) is 2.98. The quantitative estimate of drug-likeness (QED) is 0.733. The molecule has 0 amide bonds. The number of ether oxygens (including phenoxy) is 1. The van der Waals surface area contributed by atoms with Gasteiger partial charge in [0.1, 0.15) is 5.75 Å². The van der Waals surface area contributed by atoms with E-state index in [-0.39, 0.29) is 0 Å². The van der Waals surface area contributed by atoms with Crippen molar-refractivity contribution in [1.82, 2.24) is 0 Å². The van der Waals surface area contributed by atoms with Gasteiger partial charge in [-0.05, 0) is 40.8 Å². The monoisotopic (exact) mass is 228 g/mol. The Morgan fingerprint density at radius 3 is 2.65 bits per heavy atom. The molecule has 0 N–H and O–H groups in total. The third kappa shape index (κ3) is 2.60. The summed E-state index contributed by atoms with van der Waals surface area (Å²) < 4.78 is 5.70. The normalized spacial score (nSPS) is 11.1. The molecule has 0 aliphatic carbocycles. The molecule has 1 heteroatoms. The maximum atomic E-state index is 5.70. The zero-order chi connectivity index (χ0) is 12.3. The lowest BCUT2D eigenvalue weighted by Gasteiger charge is -2.12. The fourth-order valence-electron chi connectivity index (χ4n) is 2.09. The highest BCUT2D eigenvalue weighted by atomic mass is 16.5. The fourth-order valence-corrected chi connectivity index (χ4v) is 2.09. The molecule has 0 heterocycles. The molecule has 0 radical (unpaired) electrons. The van der Waals surface area contributed by atoms with Crippen molar-refractivity contribution in [3.05, 3.63) is 42.0 Å². The van der Waals surface area contributed by atoms with Crippen LogP contribution in [-0.2, 0) is 0 Å². The molecule has 17 heavy (non-hydrogen) atoms. The summed E-state index contributed by atoms with van der Waals surface area (Å²) in [6, 6.07) is 12.9. The smallest absolute Gasteiger partial charge is 0.119 e. The molecular formula is C16H20O. The van der Waals surface area contributed by atoms with Crippen LogP contribution in [0, 0.1) is 0 Å². The van der Waals surface area contributed by atoms with Crippen molar-refractivity contribution in [2.45, 2.75) is 33.1 Å². The van der Waals surface area contributed by atoms with Crippen LogP contribution < -0.4 is 4.74 Å². The minimum Gasteiger partial charge on any atom is -0.494 e. The van der Waals surface area contributed by atoms with Crippen molar-refractivity contribution in [2.24, 2.45) is 0 Å². The van der Waals surface area contributed by atoms with Crippen LogP contribution in [0.2, 0.25) is 0 Å². The summed E-state index contributed by atoms with van der Waals surface area (Å²) in [5, 5.41) is 2.61. The Morgan fingerprint density at radius 1 is 1.12 bits per heavy atom. The van der Waals surface area contributed by atoms with Gasteiger partial charge in [0, 0.05) is 0 Å². The van der Waals surface area contributed by atoms with E-state index in [1.165, 1.54) is 16.3 Å². The van der Waals surface area contributed by atoms with Gasteiger partial charge in [0.05, 0.1) is 6.61 Å². The number of hydrogen-bond donors (Lipinski definition) is 0. The van der Waals surface area contributed by atoms with Crippen molar-refractivity contribution in [3.63, 3.8) is 0 Å². The Hall–Kier alpha value is -1.50. The van der Waals surface area contributed by atoms with E-state index in [2.05, 4.69) is 57.2 Å². The predicted octanol–water partition coefficient (Wildman–Crippen LogP) is 4.75. The van der Waals surface area contributed by atoms with E-state index in [9.17, 15) is 0 Å². The summed E-state index contributed by atoms with van der Waals surface area (Å²) in [5.74, 6) is 1.52. The van der Waals surface area contributed by atoms with Gasteiger partial charge in [-0.2, -0.15) is 0 Å². The SMILES string of the molecule is CCCOc1ccc2cccc(C(C)C)c2c1. The molecule has 0 aliphatic rings. The highest BCUT2D eigenvalue weighted by Crippen LogP contribution is 2.28. The van der Waals surface area contributed by atoms with E-state index < -0.39 is 0 Å². The molecule has 0 atom stereocenters. The number of fused-ring (bicyclic) bond motifs is 1. The molecule has 0 saturated heterocycles. The van der Waals surface area contributed by atoms with Gasteiger partial charge in [-0.15, -0.1) is 0 Å². The zero-order valence-corrected chi connectivity index (χ0v) is 10.9. The molecule has 0 aliphatic heterocycles. The van der Waals surface area contributed by atoms with Crippen LogP contribution in [0.5, 0.6) is 5.75 Å². The highest BCUT2D eigenvalue weighted by molar-refractivity contribution is 5.87. The molecule has 2 rings (SSSR count). The predicted molar refractivity (Wildman–Crippen MR) is 73.8 cm³/mol. The van der Waals surface area contributed by atoms with Crippen LogP contribution in [0.4, 0.5) is 0 Å². The average Bonchev–Trinajstić information content (AvgIpc) is 2.35. The molecule has 0 spiro atoms. The third-order valence-corrected chi connectivity index (χ3v) is 2.98. The standard InChI is InChI=1S/C16H20O/c1-4-10-17-14-9-8-13-6-5-7-15(12(2)3)16(13)11-14/h5-9,11-12H,4,10H2,1-3H3. The van der Waals surface area contributed by atoms with Crippen LogP contribution in [0.25, 0.3) is 10.8 Å². The van der Waals surface area contributed by atoms with Gasteiger partial charge in [-0.1, -0.05) is 45.0 Å². The average molecular weight is 228 g/mol. The lowest BCUT2D eigenvalue weighted by molar-refractivity contribution is 0.318. The lowest BCUT2D eigenvalue weighted by Crippen LogP contribution is -1.95. The lowest BCUT2D eigenvalue weighted by atomic mass is 9.96. The van der Waals surface area contributed by atoms with Crippen molar-refractivity contribution >= 4 is 10.8 Å². The second kappa shape index (κ2) is 5.22. The molecule has 0 saturated carbocycles. The van der Waals surface area contributed by atoms with E-state index >= 15 is 0 Å². The maximum absolute atomic E-state index is 5.70. The summed E-state index contributed by atoms with van der Waals surface area (Å²) >= 11 is 0. The van der Waals surface area contributed by atoms with Gasteiger partial charge in [-0.25, -0.2) is 0 Å². The summed E-state index contributed by atoms with van der Waals surface area (Å²) in [6.45, 7) is 7.37. The molecule has 2 aromatic carbocycles. The molecule has 1 nitrogen and oxygen atoms in total. The van der Waals surface area contributed by atoms with Gasteiger partial charge >= 0.3 is 0 Å². The van der Waals surface area contributed by atoms with Crippen LogP contribution in [0.3, 0.4) is 0 Å². The van der Waals surface area contributed by atoms with Crippen molar-refractivity contribution < 1.29 is 4.74 Å². The zero-order valence-electron chi connectivity index (χ0n) is 10.9. The highest BCUT2D eigenvalue weighted by Gasteiger charge is 2.05. The fraction of sp³-hybridized carbons (Fsp3) is 0.375. The second-order valence-electron chi connectivity index (χ2n) is 4.73. The maximum Gasteiger partial charge on any atom is 0.119 e. The first kappa shape index (κ1) is 12.0. The number of benzene rings is 2. The van der Waals surface area contributed by atoms with Gasteiger partial charge in [0.15, 0.2) is 0 Å². The van der Waals surface area contributed by atoms with E-state index in [4.69, 9.17) is 4.74 Å². The summed E-state index contributed by atoms with van der Waals surface area (Å²) in [6.07, 6.45) is 1.05. The van der Waals surface area contributed by atoms with Gasteiger partial charge < -0.3 is 4.74 Å². The minimum atomic E-state index is 0.542. The van der Waals surface area contributed by atoms with Crippen LogP contribution in [0.15, 0.2) is 36.4 Å². The molecule has 0 aromatic heterocycles. The van der Waals surface area contributed by atoms with E-state index in [1.807, 2.05) is 0 Å². The Labute approximate surface area is 103 Å². The second-order valence-corrected chi connectivity index (χ2v) is 4.73. The minimum absolute atomic E-state index is 0.542. The van der Waals surface area contributed by atoms with Gasteiger partial charge in [0.2, 0.25) is 0 Å². The van der Waals surface area contributed by atoms with Crippen LogP contribution in [-0.4, -0.2) is 6.61 Å². The largest absolute Gasteiger partial charge is 0.494 e. The Bertz CT molecular complexity index is 500. The van der Waals surface area contributed by atoms with Crippen molar-refractivity contribution in [3.8, 4) is 5.75 Å². The Kier molecular flexibility index (Phi) is 3.68. The molecular weight excluding hydrogens is 208 g/mol. The number of rotatable bonds is 4. The van der Waals surface area contributed by atoms with Crippen LogP contribution in [0.1, 0.15) is 38.7 Å². The molecule has 0 bridgehead atoms. The molecule has 0 unspecified atom stereocenters. The summed E-state index contributed by atoms with van der Waals surface area (Å²) in [7, 11) is 0. The molecule has 90 valence electrons. The topological polar surface area (TPSA) is 9.23 Å². The van der Waals surface area contributed by atoms with E-state index in [0.717, 1.165) is 18.8 Å². The first-order chi connectivity index (χ1) is 8.22. The van der Waals surface area contributed by atoms with Gasteiger partial charge in [0.25, 0.3) is 0 Å². The Morgan fingerprint density at radius 2 is 1.94 bits per heavy atom. The Balaban J connectivity index is 2.46. The molecule has 0 fully saturated rings. The van der Waals surface area contributed by atoms with E-state index in [0.29, 0.717) is 5.92 Å². The van der Waals surface area contributed by atoms with Crippen LogP contribution >= 0.6 is 0 Å². The van der Waals surface area contributed by atoms with Crippen molar-refractivity contribution in [1.29, 1.82) is 0 Å². The van der Waals surface area contributed by atoms with E-state index in [1.54, 1.807) is 0 Å². The summed E-state index contributed by atoms with van der Waals surface area (Å²) in [5.41, 5.74) is 1.39. The number of hydrogen-bond acceptors (Lipinski definition) is 1. The van der Waals surface area contributed by atoms with Gasteiger partial charge in [-0.3, -0.25) is 0 Å². The molecule has 2 aromatic rings. The van der Waals surface area contributed by atoms with Crippen molar-refractivity contribution in [2.75, 3.05) is 6.61 Å². The first-order valence-corrected chi connectivity index (χ1v) is 6.38. The summed E-state index contributed by atoms with van der Waals surface area (Å²) in [4.78, 5) is 0. The first-order valence-electron chi connectivity index (χ1n) is 6.38.